The van der Waals surface area contributed by atoms with Crippen LogP contribution < -0.4 is 10.5 Å². The average Bonchev–Trinajstić information content (AvgIpc) is 2.37. The van der Waals surface area contributed by atoms with E-state index in [4.69, 9.17) is 10.5 Å². The summed E-state index contributed by atoms with van der Waals surface area (Å²) in [5.41, 5.74) is 8.71. The van der Waals surface area contributed by atoms with E-state index in [0.717, 1.165) is 31.6 Å². The number of fused-ring (bicyclic) bond motifs is 1. The molecule has 1 heterocycles. The van der Waals surface area contributed by atoms with Crippen molar-refractivity contribution in [2.75, 3.05) is 6.61 Å². The number of aryl methyl sites for hydroxylation is 1. The predicted octanol–water partition coefficient (Wildman–Crippen LogP) is 3.23. The summed E-state index contributed by atoms with van der Waals surface area (Å²) in [5, 5.41) is 0. The molecule has 0 spiro atoms. The number of ether oxygens (including phenoxy) is 1. The standard InChI is InChI=1S/C15H23NO/c1-4-11(2)15(3,16)13-9-5-7-12-8-6-10-17-14(12)13/h5,7,9,11H,4,6,8,10,16H2,1-3H3. The van der Waals surface area contributed by atoms with E-state index in [1.165, 1.54) is 11.1 Å². The first kappa shape index (κ1) is 12.4. The summed E-state index contributed by atoms with van der Waals surface area (Å²) in [5.74, 6) is 1.49. The summed E-state index contributed by atoms with van der Waals surface area (Å²) < 4.78 is 5.86. The van der Waals surface area contributed by atoms with Crippen LogP contribution in [0.3, 0.4) is 0 Å². The van der Waals surface area contributed by atoms with Crippen LogP contribution in [0.25, 0.3) is 0 Å². The molecule has 2 rings (SSSR count). The van der Waals surface area contributed by atoms with Crippen molar-refractivity contribution in [1.29, 1.82) is 0 Å². The van der Waals surface area contributed by atoms with E-state index in [1.807, 2.05) is 0 Å². The Bertz CT molecular complexity index is 398. The van der Waals surface area contributed by atoms with Crippen molar-refractivity contribution >= 4 is 0 Å². The smallest absolute Gasteiger partial charge is 0.127 e. The first-order chi connectivity index (χ1) is 8.07. The number of hydrogen-bond donors (Lipinski definition) is 1. The zero-order valence-electron chi connectivity index (χ0n) is 11.1. The molecule has 2 atom stereocenters. The van der Waals surface area contributed by atoms with Crippen molar-refractivity contribution in [3.05, 3.63) is 29.3 Å². The molecule has 94 valence electrons. The highest BCUT2D eigenvalue weighted by molar-refractivity contribution is 5.46. The van der Waals surface area contributed by atoms with Gasteiger partial charge in [-0.1, -0.05) is 38.5 Å². The Balaban J connectivity index is 2.45. The third kappa shape index (κ3) is 2.19. The molecule has 0 fully saturated rings. The zero-order chi connectivity index (χ0) is 12.5. The van der Waals surface area contributed by atoms with Gasteiger partial charge in [-0.15, -0.1) is 0 Å². The van der Waals surface area contributed by atoms with Crippen LogP contribution in [-0.2, 0) is 12.0 Å². The van der Waals surface area contributed by atoms with Gasteiger partial charge in [-0.05, 0) is 31.2 Å². The van der Waals surface area contributed by atoms with E-state index in [-0.39, 0.29) is 5.54 Å². The molecule has 0 saturated heterocycles. The van der Waals surface area contributed by atoms with Crippen molar-refractivity contribution in [3.8, 4) is 5.75 Å². The fourth-order valence-electron chi connectivity index (χ4n) is 2.50. The van der Waals surface area contributed by atoms with E-state index in [0.29, 0.717) is 5.92 Å². The predicted molar refractivity (Wildman–Crippen MR) is 71.3 cm³/mol. The van der Waals surface area contributed by atoms with E-state index in [2.05, 4.69) is 39.0 Å². The highest BCUT2D eigenvalue weighted by atomic mass is 16.5. The second-order valence-electron chi connectivity index (χ2n) is 5.34. The van der Waals surface area contributed by atoms with Crippen LogP contribution in [0.4, 0.5) is 0 Å². The zero-order valence-corrected chi connectivity index (χ0v) is 11.1. The summed E-state index contributed by atoms with van der Waals surface area (Å²) in [4.78, 5) is 0. The van der Waals surface area contributed by atoms with E-state index in [1.54, 1.807) is 0 Å². The molecule has 2 nitrogen and oxygen atoms in total. The number of rotatable bonds is 3. The Morgan fingerprint density at radius 1 is 1.47 bits per heavy atom. The lowest BCUT2D eigenvalue weighted by molar-refractivity contribution is 0.258. The monoisotopic (exact) mass is 233 g/mol. The molecule has 0 aromatic heterocycles. The molecule has 0 aliphatic carbocycles. The van der Waals surface area contributed by atoms with Crippen molar-refractivity contribution in [3.63, 3.8) is 0 Å². The van der Waals surface area contributed by atoms with Gasteiger partial charge in [0.2, 0.25) is 0 Å². The summed E-state index contributed by atoms with van der Waals surface area (Å²) in [6.07, 6.45) is 3.30. The number of benzene rings is 1. The molecule has 1 aliphatic rings. The van der Waals surface area contributed by atoms with Crippen molar-refractivity contribution < 1.29 is 4.74 Å². The molecule has 2 heteroatoms. The van der Waals surface area contributed by atoms with Crippen molar-refractivity contribution in [2.24, 2.45) is 11.7 Å². The van der Waals surface area contributed by atoms with Crippen LogP contribution in [0.15, 0.2) is 18.2 Å². The molecule has 2 N–H and O–H groups in total. The fourth-order valence-corrected chi connectivity index (χ4v) is 2.50. The molecule has 1 aromatic rings. The Hall–Kier alpha value is -1.02. The third-order valence-electron chi connectivity index (χ3n) is 4.15. The maximum Gasteiger partial charge on any atom is 0.127 e. The molecule has 2 unspecified atom stereocenters. The SMILES string of the molecule is CCC(C)C(C)(N)c1cccc2c1OCCC2. The molecule has 0 amide bonds. The maximum atomic E-state index is 6.54. The van der Waals surface area contributed by atoms with Crippen LogP contribution in [0.1, 0.15) is 44.7 Å². The first-order valence-electron chi connectivity index (χ1n) is 6.61. The van der Waals surface area contributed by atoms with Gasteiger partial charge in [0.25, 0.3) is 0 Å². The molecule has 0 radical (unpaired) electrons. The second kappa shape index (κ2) is 4.69. The highest BCUT2D eigenvalue weighted by Crippen LogP contribution is 2.38. The number of hydrogen-bond acceptors (Lipinski definition) is 2. The topological polar surface area (TPSA) is 35.2 Å². The molecular formula is C15H23NO. The van der Waals surface area contributed by atoms with Crippen LogP contribution in [-0.4, -0.2) is 6.61 Å². The summed E-state index contributed by atoms with van der Waals surface area (Å²) in [7, 11) is 0. The van der Waals surface area contributed by atoms with Crippen molar-refractivity contribution in [1.82, 2.24) is 0 Å². The average molecular weight is 233 g/mol. The van der Waals surface area contributed by atoms with Gasteiger partial charge in [0, 0.05) is 11.1 Å². The highest BCUT2D eigenvalue weighted by Gasteiger charge is 2.31. The minimum absolute atomic E-state index is 0.308. The Kier molecular flexibility index (Phi) is 3.43. The minimum atomic E-state index is -0.308. The lowest BCUT2D eigenvalue weighted by Crippen LogP contribution is -2.40. The second-order valence-corrected chi connectivity index (χ2v) is 5.34. The van der Waals surface area contributed by atoms with Crippen LogP contribution in [0.5, 0.6) is 5.75 Å². The largest absolute Gasteiger partial charge is 0.493 e. The van der Waals surface area contributed by atoms with Gasteiger partial charge < -0.3 is 10.5 Å². The van der Waals surface area contributed by atoms with Gasteiger partial charge in [-0.25, -0.2) is 0 Å². The van der Waals surface area contributed by atoms with E-state index in [9.17, 15) is 0 Å². The Morgan fingerprint density at radius 3 is 2.94 bits per heavy atom. The van der Waals surface area contributed by atoms with E-state index >= 15 is 0 Å². The lowest BCUT2D eigenvalue weighted by atomic mass is 9.78. The number of nitrogens with two attached hydrogens (primary N) is 1. The minimum Gasteiger partial charge on any atom is -0.493 e. The van der Waals surface area contributed by atoms with Gasteiger partial charge in [0.1, 0.15) is 5.75 Å². The molecule has 1 aromatic carbocycles. The molecule has 0 saturated carbocycles. The van der Waals surface area contributed by atoms with E-state index < -0.39 is 0 Å². The first-order valence-corrected chi connectivity index (χ1v) is 6.61. The summed E-state index contributed by atoms with van der Waals surface area (Å²) in [6, 6.07) is 6.39. The van der Waals surface area contributed by atoms with Crippen LogP contribution in [0.2, 0.25) is 0 Å². The molecule has 0 bridgehead atoms. The maximum absolute atomic E-state index is 6.54. The van der Waals surface area contributed by atoms with Crippen LogP contribution in [0, 0.1) is 5.92 Å². The van der Waals surface area contributed by atoms with Gasteiger partial charge in [-0.2, -0.15) is 0 Å². The Labute approximate surface area is 104 Å². The number of para-hydroxylation sites is 1. The Morgan fingerprint density at radius 2 is 2.24 bits per heavy atom. The normalized spacial score (nSPS) is 20.0. The summed E-state index contributed by atoms with van der Waals surface area (Å²) in [6.45, 7) is 7.34. The van der Waals surface area contributed by atoms with Crippen molar-refractivity contribution in [2.45, 2.75) is 45.6 Å². The summed E-state index contributed by atoms with van der Waals surface area (Å²) >= 11 is 0. The fraction of sp³-hybridized carbons (Fsp3) is 0.600. The van der Waals surface area contributed by atoms with Gasteiger partial charge in [0.15, 0.2) is 0 Å². The molecule has 17 heavy (non-hydrogen) atoms. The van der Waals surface area contributed by atoms with Gasteiger partial charge in [-0.3, -0.25) is 0 Å². The van der Waals surface area contributed by atoms with Gasteiger partial charge in [0.05, 0.1) is 6.61 Å². The molecular weight excluding hydrogens is 210 g/mol. The lowest BCUT2D eigenvalue weighted by Gasteiger charge is -2.34. The quantitative estimate of drug-likeness (QED) is 0.870. The van der Waals surface area contributed by atoms with Crippen LogP contribution >= 0.6 is 0 Å². The molecule has 1 aliphatic heterocycles. The van der Waals surface area contributed by atoms with Gasteiger partial charge >= 0.3 is 0 Å². The third-order valence-corrected chi connectivity index (χ3v) is 4.15.